The van der Waals surface area contributed by atoms with Crippen LogP contribution in [0.15, 0.2) is 36.4 Å². The molecule has 1 nitrogen and oxygen atoms in total. The van der Waals surface area contributed by atoms with E-state index < -0.39 is 17.5 Å². The summed E-state index contributed by atoms with van der Waals surface area (Å²) < 4.78 is 52.4. The minimum absolute atomic E-state index is 0.118. The fraction of sp³-hybridized carbons (Fsp3) is 0.200. The Kier molecular flexibility index (Phi) is 4.27. The second kappa shape index (κ2) is 5.94. The van der Waals surface area contributed by atoms with Crippen LogP contribution in [0.3, 0.4) is 0 Å². The molecule has 2 aromatic carbocycles. The highest BCUT2D eigenvalue weighted by atomic mass is 19.2. The van der Waals surface area contributed by atoms with E-state index in [4.69, 9.17) is 0 Å². The van der Waals surface area contributed by atoms with Crippen LogP contribution in [0.5, 0.6) is 0 Å². The van der Waals surface area contributed by atoms with Crippen molar-refractivity contribution in [3.05, 3.63) is 65.2 Å². The summed E-state index contributed by atoms with van der Waals surface area (Å²) in [5.41, 5.74) is 0.612. The fourth-order valence-corrected chi connectivity index (χ4v) is 1.97. The van der Waals surface area contributed by atoms with Crippen LogP contribution >= 0.6 is 0 Å². The fourth-order valence-electron chi connectivity index (χ4n) is 1.97. The summed E-state index contributed by atoms with van der Waals surface area (Å²) >= 11 is 0. The average Bonchev–Trinajstić information content (AvgIpc) is 2.36. The van der Waals surface area contributed by atoms with Crippen LogP contribution in [0, 0.1) is 23.3 Å². The molecule has 0 saturated heterocycles. The Balaban J connectivity index is 2.08. The second-order valence-corrected chi connectivity index (χ2v) is 4.63. The van der Waals surface area contributed by atoms with Crippen LogP contribution < -0.4 is 5.32 Å². The molecule has 0 spiro atoms. The molecule has 1 N–H and O–H groups in total. The normalized spacial score (nSPS) is 12.2. The second-order valence-electron chi connectivity index (χ2n) is 4.63. The summed E-state index contributed by atoms with van der Waals surface area (Å²) in [6.45, 7) is 1.74. The molecule has 2 aromatic rings. The molecule has 0 radical (unpaired) electrons. The standard InChI is InChI=1S/C15H13F4N/c1-9(5-10-3-2-4-11(16)6-10)20-15-8-13(18)12(17)7-14(15)19/h2-4,6-9,20H,5H2,1H3. The van der Waals surface area contributed by atoms with E-state index in [1.54, 1.807) is 19.1 Å². The highest BCUT2D eigenvalue weighted by Crippen LogP contribution is 2.20. The lowest BCUT2D eigenvalue weighted by molar-refractivity contribution is 0.495. The predicted octanol–water partition coefficient (Wildman–Crippen LogP) is 4.29. The van der Waals surface area contributed by atoms with Crippen molar-refractivity contribution < 1.29 is 17.6 Å². The van der Waals surface area contributed by atoms with Gasteiger partial charge in [0.05, 0.1) is 5.69 Å². The SMILES string of the molecule is CC(Cc1cccc(F)c1)Nc1cc(F)c(F)cc1F. The van der Waals surface area contributed by atoms with Crippen molar-refractivity contribution in [1.29, 1.82) is 0 Å². The van der Waals surface area contributed by atoms with Gasteiger partial charge in [-0.25, -0.2) is 17.6 Å². The summed E-state index contributed by atoms with van der Waals surface area (Å²) in [4.78, 5) is 0. The monoisotopic (exact) mass is 283 g/mol. The van der Waals surface area contributed by atoms with Gasteiger partial charge < -0.3 is 5.32 Å². The minimum Gasteiger partial charge on any atom is -0.380 e. The van der Waals surface area contributed by atoms with Crippen LogP contribution in [-0.2, 0) is 6.42 Å². The van der Waals surface area contributed by atoms with Crippen molar-refractivity contribution in [3.8, 4) is 0 Å². The molecule has 5 heteroatoms. The molecule has 1 unspecified atom stereocenters. The first-order chi connectivity index (χ1) is 9.45. The number of rotatable bonds is 4. The summed E-state index contributed by atoms with van der Waals surface area (Å²) in [6, 6.07) is 7.02. The van der Waals surface area contributed by atoms with Crippen molar-refractivity contribution in [3.63, 3.8) is 0 Å². The quantitative estimate of drug-likeness (QED) is 0.652. The first-order valence-electron chi connectivity index (χ1n) is 6.11. The van der Waals surface area contributed by atoms with E-state index in [1.807, 2.05) is 0 Å². The van der Waals surface area contributed by atoms with Gasteiger partial charge in [0.2, 0.25) is 0 Å². The lowest BCUT2D eigenvalue weighted by Gasteiger charge is -2.16. The zero-order valence-electron chi connectivity index (χ0n) is 10.8. The van der Waals surface area contributed by atoms with Gasteiger partial charge in [-0.05, 0) is 31.0 Å². The first kappa shape index (κ1) is 14.4. The van der Waals surface area contributed by atoms with Gasteiger partial charge in [0, 0.05) is 18.2 Å². The number of nitrogens with one attached hydrogen (secondary N) is 1. The molecule has 1 atom stereocenters. The molecule has 20 heavy (non-hydrogen) atoms. The number of benzene rings is 2. The maximum absolute atomic E-state index is 13.5. The topological polar surface area (TPSA) is 12.0 Å². The molecular weight excluding hydrogens is 270 g/mol. The highest BCUT2D eigenvalue weighted by molar-refractivity contribution is 5.46. The zero-order valence-corrected chi connectivity index (χ0v) is 10.8. The molecule has 0 aliphatic heterocycles. The van der Waals surface area contributed by atoms with E-state index in [9.17, 15) is 17.6 Å². The Morgan fingerprint density at radius 3 is 2.35 bits per heavy atom. The summed E-state index contributed by atoms with van der Waals surface area (Å²) in [5, 5.41) is 2.74. The van der Waals surface area contributed by atoms with Gasteiger partial charge in [0.25, 0.3) is 0 Å². The lowest BCUT2D eigenvalue weighted by Crippen LogP contribution is -2.19. The third kappa shape index (κ3) is 3.50. The molecular formula is C15H13F4N. The van der Waals surface area contributed by atoms with Crippen molar-refractivity contribution in [2.45, 2.75) is 19.4 Å². The largest absolute Gasteiger partial charge is 0.380 e. The number of anilines is 1. The smallest absolute Gasteiger partial charge is 0.161 e. The van der Waals surface area contributed by atoms with Crippen LogP contribution in [0.4, 0.5) is 23.2 Å². The van der Waals surface area contributed by atoms with Gasteiger partial charge >= 0.3 is 0 Å². The highest BCUT2D eigenvalue weighted by Gasteiger charge is 2.12. The van der Waals surface area contributed by atoms with E-state index in [-0.39, 0.29) is 17.5 Å². The molecule has 2 rings (SSSR count). The molecule has 0 fully saturated rings. The van der Waals surface area contributed by atoms with E-state index in [0.717, 1.165) is 11.6 Å². The molecule has 0 bridgehead atoms. The van der Waals surface area contributed by atoms with Crippen LogP contribution in [-0.4, -0.2) is 6.04 Å². The number of halogens is 4. The Hall–Kier alpha value is -2.04. The summed E-state index contributed by atoms with van der Waals surface area (Å²) in [7, 11) is 0. The minimum atomic E-state index is -1.23. The Bertz CT molecular complexity index is 613. The average molecular weight is 283 g/mol. The third-order valence-electron chi connectivity index (χ3n) is 2.84. The van der Waals surface area contributed by atoms with Gasteiger partial charge in [-0.3, -0.25) is 0 Å². The molecule has 0 amide bonds. The first-order valence-corrected chi connectivity index (χ1v) is 6.11. The van der Waals surface area contributed by atoms with Crippen molar-refractivity contribution in [2.24, 2.45) is 0 Å². The Morgan fingerprint density at radius 2 is 1.65 bits per heavy atom. The van der Waals surface area contributed by atoms with E-state index in [1.165, 1.54) is 12.1 Å². The summed E-state index contributed by atoms with van der Waals surface area (Å²) in [6.07, 6.45) is 0.427. The molecule has 0 heterocycles. The maximum Gasteiger partial charge on any atom is 0.161 e. The lowest BCUT2D eigenvalue weighted by atomic mass is 10.1. The van der Waals surface area contributed by atoms with Crippen LogP contribution in [0.25, 0.3) is 0 Å². The van der Waals surface area contributed by atoms with Crippen LogP contribution in [0.2, 0.25) is 0 Å². The predicted molar refractivity (Wildman–Crippen MR) is 69.5 cm³/mol. The molecule has 106 valence electrons. The zero-order chi connectivity index (χ0) is 14.7. The van der Waals surface area contributed by atoms with Crippen LogP contribution in [0.1, 0.15) is 12.5 Å². The molecule has 0 aliphatic carbocycles. The number of hydrogen-bond acceptors (Lipinski definition) is 1. The van der Waals surface area contributed by atoms with Crippen molar-refractivity contribution in [2.75, 3.05) is 5.32 Å². The third-order valence-corrected chi connectivity index (χ3v) is 2.84. The van der Waals surface area contributed by atoms with Gasteiger partial charge in [0.1, 0.15) is 11.6 Å². The molecule has 0 aliphatic rings. The number of hydrogen-bond donors (Lipinski definition) is 1. The Morgan fingerprint density at radius 1 is 0.950 bits per heavy atom. The summed E-state index contributed by atoms with van der Waals surface area (Å²) in [5.74, 6) is -3.57. The molecule has 0 saturated carbocycles. The van der Waals surface area contributed by atoms with E-state index in [2.05, 4.69) is 5.32 Å². The van der Waals surface area contributed by atoms with Gasteiger partial charge in [0.15, 0.2) is 11.6 Å². The van der Waals surface area contributed by atoms with E-state index >= 15 is 0 Å². The van der Waals surface area contributed by atoms with Crippen molar-refractivity contribution >= 4 is 5.69 Å². The Labute approximate surface area is 114 Å². The van der Waals surface area contributed by atoms with Gasteiger partial charge in [-0.1, -0.05) is 12.1 Å². The van der Waals surface area contributed by atoms with Crippen molar-refractivity contribution in [1.82, 2.24) is 0 Å². The van der Waals surface area contributed by atoms with Gasteiger partial charge in [-0.2, -0.15) is 0 Å². The molecule has 0 aromatic heterocycles. The van der Waals surface area contributed by atoms with E-state index in [0.29, 0.717) is 12.5 Å². The van der Waals surface area contributed by atoms with Gasteiger partial charge in [-0.15, -0.1) is 0 Å². The maximum atomic E-state index is 13.5.